The first-order valence-electron chi connectivity index (χ1n) is 10.4. The second-order valence-electron chi connectivity index (χ2n) is 6.13. The van der Waals surface area contributed by atoms with Crippen molar-refractivity contribution in [2.45, 2.75) is 12.8 Å². The summed E-state index contributed by atoms with van der Waals surface area (Å²) in [5, 5.41) is 0. The molecule has 7 radical (unpaired) electrons. The van der Waals surface area contributed by atoms with Crippen molar-refractivity contribution in [2.24, 2.45) is 0 Å². The maximum Gasteiger partial charge on any atom is 1.00 e. The molecule has 1 heterocycles. The zero-order valence-electron chi connectivity index (χ0n) is 21.0. The van der Waals surface area contributed by atoms with E-state index in [2.05, 4.69) is 0 Å². The van der Waals surface area contributed by atoms with Gasteiger partial charge in [-0.05, 0) is 12.8 Å². The molecule has 3 aromatic rings. The second kappa shape index (κ2) is 40.5. The van der Waals surface area contributed by atoms with Gasteiger partial charge in [-0.25, -0.2) is 55.0 Å². The van der Waals surface area contributed by atoms with E-state index in [1.54, 1.807) is 0 Å². The molecule has 2 fully saturated rings. The van der Waals surface area contributed by atoms with Crippen molar-refractivity contribution in [2.75, 3.05) is 13.2 Å². The molecule has 3 aromatic carbocycles. The third-order valence-electron chi connectivity index (χ3n) is 3.61. The first-order valence-corrected chi connectivity index (χ1v) is 10.4. The third kappa shape index (κ3) is 37.2. The predicted octanol–water partition coefficient (Wildman–Crippen LogP) is -1.79. The first kappa shape index (κ1) is 44.1. The molecular formula is C29H33K3MnO-2. The van der Waals surface area contributed by atoms with E-state index in [1.165, 1.54) is 12.8 Å². The number of hydrogen-bond acceptors (Lipinski definition) is 1. The van der Waals surface area contributed by atoms with Crippen LogP contribution in [0.5, 0.6) is 0 Å². The number of allylic oxidation sites excluding steroid dienone is 2. The molecule has 2 aliphatic carbocycles. The Morgan fingerprint density at radius 3 is 1.00 bits per heavy atom. The van der Waals surface area contributed by atoms with Gasteiger partial charge in [0.2, 0.25) is 0 Å². The van der Waals surface area contributed by atoms with Crippen LogP contribution in [-0.2, 0) is 21.8 Å². The van der Waals surface area contributed by atoms with Crippen molar-refractivity contribution in [3.63, 3.8) is 0 Å². The Morgan fingerprint density at radius 1 is 0.500 bits per heavy atom. The normalized spacial score (nSPS) is 13.4. The predicted molar refractivity (Wildman–Crippen MR) is 130 cm³/mol. The number of hydrogen-bond donors (Lipinski definition) is 0. The molecule has 34 heavy (non-hydrogen) atoms. The van der Waals surface area contributed by atoms with Gasteiger partial charge in [-0.2, -0.15) is 67.4 Å². The van der Waals surface area contributed by atoms with Crippen molar-refractivity contribution in [3.8, 4) is 0 Å². The topological polar surface area (TPSA) is 9.23 Å². The first-order chi connectivity index (χ1) is 15.0. The van der Waals surface area contributed by atoms with Crippen LogP contribution in [0.15, 0.2) is 103 Å². The minimum absolute atomic E-state index is 0. The quantitative estimate of drug-likeness (QED) is 0.230. The van der Waals surface area contributed by atoms with Crippen LogP contribution in [0.2, 0.25) is 0 Å². The molecule has 167 valence electrons. The molecule has 0 bridgehead atoms. The summed E-state index contributed by atoms with van der Waals surface area (Å²) in [6.45, 7) is 2.00. The average molecular weight is 570 g/mol. The monoisotopic (exact) mass is 569 g/mol. The van der Waals surface area contributed by atoms with Crippen LogP contribution in [-0.4, -0.2) is 13.2 Å². The van der Waals surface area contributed by atoms with Gasteiger partial charge in [0, 0.05) is 30.3 Å². The zero-order valence-corrected chi connectivity index (χ0v) is 31.6. The van der Waals surface area contributed by atoms with E-state index in [-0.39, 0.29) is 171 Å². The van der Waals surface area contributed by atoms with Crippen LogP contribution in [0, 0.1) is 51.4 Å². The molecule has 1 aliphatic heterocycles. The molecule has 0 atom stereocenters. The molecule has 0 unspecified atom stereocenters. The van der Waals surface area contributed by atoms with E-state index >= 15 is 0 Å². The summed E-state index contributed by atoms with van der Waals surface area (Å²) in [5.41, 5.74) is 0. The molecule has 0 aromatic heterocycles. The van der Waals surface area contributed by atoms with E-state index in [0.717, 1.165) is 13.2 Å². The minimum atomic E-state index is 0. The Morgan fingerprint density at radius 2 is 0.882 bits per heavy atom. The number of rotatable bonds is 0. The van der Waals surface area contributed by atoms with Crippen LogP contribution in [0.1, 0.15) is 12.8 Å². The fourth-order valence-electron chi connectivity index (χ4n) is 2.11. The second-order valence-corrected chi connectivity index (χ2v) is 6.13. The van der Waals surface area contributed by atoms with Gasteiger partial charge in [0.25, 0.3) is 0 Å². The summed E-state index contributed by atoms with van der Waals surface area (Å²) in [4.78, 5) is 0. The maximum atomic E-state index is 4.94. The van der Waals surface area contributed by atoms with E-state index < -0.39 is 0 Å². The molecule has 1 nitrogen and oxygen atoms in total. The Balaban J connectivity index is -0.000000155. The molecule has 1 saturated carbocycles. The molecule has 3 aliphatic rings. The molecule has 0 N–H and O–H groups in total. The van der Waals surface area contributed by atoms with E-state index in [0.29, 0.717) is 0 Å². The molecular weight excluding hydrogens is 537 g/mol. The molecule has 6 rings (SSSR count). The van der Waals surface area contributed by atoms with Crippen LogP contribution >= 0.6 is 0 Å². The standard InChI is InChI=1S/5C5H5.C4H8O.3K.Mn/c6*1-2-4-5-3-1;;;;/h5*1-5H;1-4H2;;;;/q5*-1;;3*+1;. The maximum absolute atomic E-state index is 4.94. The molecule has 1 saturated heterocycles. The number of ether oxygens (including phenoxy) is 1. The van der Waals surface area contributed by atoms with Gasteiger partial charge in [-0.3, -0.25) is 0 Å². The van der Waals surface area contributed by atoms with Crippen molar-refractivity contribution in [1.82, 2.24) is 0 Å². The zero-order chi connectivity index (χ0) is 21.2. The summed E-state index contributed by atoms with van der Waals surface area (Å²) in [5.74, 6) is 0. The summed E-state index contributed by atoms with van der Waals surface area (Å²) >= 11 is 0. The Labute approximate surface area is 348 Å². The Kier molecular flexibility index (Phi) is 52.6. The fraction of sp³-hybridized carbons (Fsp3) is 0.138. The van der Waals surface area contributed by atoms with Crippen LogP contribution in [0.4, 0.5) is 0 Å². The summed E-state index contributed by atoms with van der Waals surface area (Å²) in [6.07, 6.45) is 22.6. The van der Waals surface area contributed by atoms with Crippen molar-refractivity contribution in [1.29, 1.82) is 0 Å². The van der Waals surface area contributed by atoms with Crippen LogP contribution in [0.3, 0.4) is 0 Å². The average Bonchev–Trinajstić information content (AvgIpc) is 3.69. The van der Waals surface area contributed by atoms with Crippen LogP contribution in [0.25, 0.3) is 0 Å². The summed E-state index contributed by atoms with van der Waals surface area (Å²) < 4.78 is 4.94. The van der Waals surface area contributed by atoms with Crippen molar-refractivity contribution < 1.29 is 176 Å². The smallest absolute Gasteiger partial charge is 0.381 e. The SMILES string of the molecule is C1CCOC1.[CH]1[CH][CH-]C=C1.[CH]1[CH][CH][CH-][CH]1.[K+].[K+].[K+].[Mn].c1cc[cH-]c1.c1cc[cH-]c1.c1cc[cH-]c1. The fourth-order valence-corrected chi connectivity index (χ4v) is 2.11. The van der Waals surface area contributed by atoms with Gasteiger partial charge in [0.05, 0.1) is 0 Å². The van der Waals surface area contributed by atoms with Gasteiger partial charge < -0.3 is 11.2 Å². The summed E-state index contributed by atoms with van der Waals surface area (Å²) in [6, 6.07) is 30.0. The largest absolute Gasteiger partial charge is 1.00 e. The minimum Gasteiger partial charge on any atom is -0.381 e. The van der Waals surface area contributed by atoms with Gasteiger partial charge in [0.1, 0.15) is 0 Å². The Bertz CT molecular complexity index is 469. The van der Waals surface area contributed by atoms with Gasteiger partial charge in [-0.15, -0.1) is 12.8 Å². The molecule has 5 heteroatoms. The van der Waals surface area contributed by atoms with Gasteiger partial charge in [-0.1, -0.05) is 12.8 Å². The summed E-state index contributed by atoms with van der Waals surface area (Å²) in [7, 11) is 0. The van der Waals surface area contributed by atoms with Crippen molar-refractivity contribution >= 4 is 0 Å². The van der Waals surface area contributed by atoms with Crippen LogP contribution < -0.4 is 154 Å². The Hall–Kier alpha value is 3.05. The van der Waals surface area contributed by atoms with E-state index in [9.17, 15) is 0 Å². The van der Waals surface area contributed by atoms with Crippen molar-refractivity contribution in [3.05, 3.63) is 155 Å². The van der Waals surface area contributed by atoms with E-state index in [1.807, 2.05) is 155 Å². The van der Waals surface area contributed by atoms with Gasteiger partial charge >= 0.3 is 154 Å². The molecule has 0 spiro atoms. The van der Waals surface area contributed by atoms with Gasteiger partial charge in [0.15, 0.2) is 0 Å². The van der Waals surface area contributed by atoms with E-state index in [4.69, 9.17) is 4.74 Å². The third-order valence-corrected chi connectivity index (χ3v) is 3.61. The molecule has 0 amide bonds.